The molecule has 2 aromatic carbocycles. The summed E-state index contributed by atoms with van der Waals surface area (Å²) in [5.74, 6) is -0.232. The average Bonchev–Trinajstić information content (AvgIpc) is 2.65. The zero-order valence-electron chi connectivity index (χ0n) is 14.5. The molecule has 5 nitrogen and oxygen atoms in total. The molecule has 0 N–H and O–H groups in total. The molecule has 130 valence electrons. The number of rotatable bonds is 3. The second-order valence-electron chi connectivity index (χ2n) is 6.41. The highest BCUT2D eigenvalue weighted by Gasteiger charge is 2.33. The molecule has 0 saturated carbocycles. The Morgan fingerprint density at radius 3 is 2.48 bits per heavy atom. The van der Waals surface area contributed by atoms with Crippen molar-refractivity contribution in [2.24, 2.45) is 5.92 Å². The van der Waals surface area contributed by atoms with Gasteiger partial charge in [-0.05, 0) is 23.6 Å². The molecule has 1 aliphatic rings. The van der Waals surface area contributed by atoms with E-state index in [1.807, 2.05) is 54.6 Å². The molecule has 0 aromatic heterocycles. The zero-order chi connectivity index (χ0) is 17.8. The number of carbonyl (C=O) groups is 2. The number of amides is 2. The molecule has 0 radical (unpaired) electrons. The van der Waals surface area contributed by atoms with E-state index in [4.69, 9.17) is 4.74 Å². The largest absolute Gasteiger partial charge is 0.444 e. The number of hydrogen-bond acceptors (Lipinski definition) is 3. The van der Waals surface area contributed by atoms with Crippen molar-refractivity contribution >= 4 is 17.7 Å². The maximum atomic E-state index is 12.7. The number of hydrogen-bond donors (Lipinski definition) is 0. The van der Waals surface area contributed by atoms with Crippen molar-refractivity contribution in [2.75, 3.05) is 25.5 Å². The van der Waals surface area contributed by atoms with E-state index in [0.29, 0.717) is 13.0 Å². The third kappa shape index (κ3) is 3.82. The fraction of sp³-hybridized carbons (Fsp3) is 0.300. The predicted octanol–water partition coefficient (Wildman–Crippen LogP) is 3.09. The van der Waals surface area contributed by atoms with Crippen molar-refractivity contribution in [3.05, 3.63) is 65.7 Å². The van der Waals surface area contributed by atoms with Crippen LogP contribution in [-0.4, -0.2) is 37.5 Å². The Balaban J connectivity index is 1.78. The lowest BCUT2D eigenvalue weighted by Gasteiger charge is -2.34. The standard InChI is InChI=1S/C20H22N2O3/c1-21(2)19(23)17-12-16-10-6-7-11-18(16)22(13-17)20(24)25-14-15-8-4-3-5-9-15/h3-11,17H,12-14H2,1-2H3/t17-/m1/s1. The predicted molar refractivity (Wildman–Crippen MR) is 96.3 cm³/mol. The van der Waals surface area contributed by atoms with Crippen LogP contribution in [0.3, 0.4) is 0 Å². The number of para-hydroxylation sites is 1. The Bertz CT molecular complexity index is 759. The minimum atomic E-state index is -0.424. The molecule has 1 heterocycles. The van der Waals surface area contributed by atoms with E-state index in [1.54, 1.807) is 23.9 Å². The summed E-state index contributed by atoms with van der Waals surface area (Å²) >= 11 is 0. The number of anilines is 1. The second kappa shape index (κ2) is 7.38. The van der Waals surface area contributed by atoms with E-state index in [9.17, 15) is 9.59 Å². The molecule has 0 unspecified atom stereocenters. The molecular formula is C20H22N2O3. The van der Waals surface area contributed by atoms with Gasteiger partial charge in [0.15, 0.2) is 0 Å². The number of fused-ring (bicyclic) bond motifs is 1. The van der Waals surface area contributed by atoms with Crippen molar-refractivity contribution in [2.45, 2.75) is 13.0 Å². The summed E-state index contributed by atoms with van der Waals surface area (Å²) < 4.78 is 5.48. The molecule has 0 aliphatic carbocycles. The molecule has 1 aliphatic heterocycles. The highest BCUT2D eigenvalue weighted by molar-refractivity contribution is 5.92. The third-order valence-corrected chi connectivity index (χ3v) is 4.37. The van der Waals surface area contributed by atoms with Gasteiger partial charge in [0.1, 0.15) is 6.61 Å². The van der Waals surface area contributed by atoms with Gasteiger partial charge in [0.25, 0.3) is 0 Å². The first-order valence-electron chi connectivity index (χ1n) is 8.33. The molecule has 0 spiro atoms. The van der Waals surface area contributed by atoms with Crippen LogP contribution in [0.25, 0.3) is 0 Å². The maximum absolute atomic E-state index is 12.7. The summed E-state index contributed by atoms with van der Waals surface area (Å²) in [6, 6.07) is 17.2. The van der Waals surface area contributed by atoms with Gasteiger partial charge in [-0.1, -0.05) is 48.5 Å². The van der Waals surface area contributed by atoms with Gasteiger partial charge in [0.05, 0.1) is 11.6 Å². The highest BCUT2D eigenvalue weighted by Crippen LogP contribution is 2.31. The van der Waals surface area contributed by atoms with Gasteiger partial charge in [-0.25, -0.2) is 4.79 Å². The number of nitrogens with zero attached hydrogens (tertiary/aromatic N) is 2. The lowest BCUT2D eigenvalue weighted by atomic mass is 9.92. The second-order valence-corrected chi connectivity index (χ2v) is 6.41. The van der Waals surface area contributed by atoms with Crippen LogP contribution in [0.2, 0.25) is 0 Å². The Kier molecular flexibility index (Phi) is 5.03. The SMILES string of the molecule is CN(C)C(=O)[C@@H]1Cc2ccccc2N(C(=O)OCc2ccccc2)C1. The Morgan fingerprint density at radius 2 is 1.76 bits per heavy atom. The van der Waals surface area contributed by atoms with Gasteiger partial charge < -0.3 is 9.64 Å². The Labute approximate surface area is 147 Å². The number of carbonyl (C=O) groups excluding carboxylic acids is 2. The molecule has 1 atom stereocenters. The molecule has 0 saturated heterocycles. The molecule has 2 aromatic rings. The maximum Gasteiger partial charge on any atom is 0.414 e. The van der Waals surface area contributed by atoms with Crippen LogP contribution in [0.15, 0.2) is 54.6 Å². The summed E-state index contributed by atoms with van der Waals surface area (Å²) in [5, 5.41) is 0. The van der Waals surface area contributed by atoms with E-state index < -0.39 is 6.09 Å². The molecule has 0 fully saturated rings. The minimum Gasteiger partial charge on any atom is -0.444 e. The summed E-state index contributed by atoms with van der Waals surface area (Å²) in [7, 11) is 3.47. The van der Waals surface area contributed by atoms with E-state index in [-0.39, 0.29) is 18.4 Å². The van der Waals surface area contributed by atoms with E-state index >= 15 is 0 Å². The van der Waals surface area contributed by atoms with E-state index in [0.717, 1.165) is 16.8 Å². The smallest absolute Gasteiger partial charge is 0.414 e. The fourth-order valence-corrected chi connectivity index (χ4v) is 3.10. The molecule has 25 heavy (non-hydrogen) atoms. The first kappa shape index (κ1) is 17.0. The molecule has 2 amide bonds. The van der Waals surface area contributed by atoms with Gasteiger partial charge in [-0.3, -0.25) is 9.69 Å². The van der Waals surface area contributed by atoms with Crippen LogP contribution < -0.4 is 4.90 Å². The van der Waals surface area contributed by atoms with Crippen molar-refractivity contribution in [1.29, 1.82) is 0 Å². The average molecular weight is 338 g/mol. The van der Waals surface area contributed by atoms with Crippen LogP contribution in [0.4, 0.5) is 10.5 Å². The quantitative estimate of drug-likeness (QED) is 0.864. The third-order valence-electron chi connectivity index (χ3n) is 4.37. The van der Waals surface area contributed by atoms with E-state index in [1.165, 1.54) is 0 Å². The summed E-state index contributed by atoms with van der Waals surface area (Å²) in [6.45, 7) is 0.548. The molecule has 3 rings (SSSR count). The van der Waals surface area contributed by atoms with Crippen LogP contribution in [0.1, 0.15) is 11.1 Å². The Hall–Kier alpha value is -2.82. The van der Waals surface area contributed by atoms with Crippen LogP contribution in [0, 0.1) is 5.92 Å². The number of benzene rings is 2. The van der Waals surface area contributed by atoms with Gasteiger partial charge in [-0.2, -0.15) is 0 Å². The summed E-state index contributed by atoms with van der Waals surface area (Å²) in [6.07, 6.45) is 0.211. The number of ether oxygens (including phenoxy) is 1. The monoisotopic (exact) mass is 338 g/mol. The molecule has 5 heteroatoms. The van der Waals surface area contributed by atoms with Crippen LogP contribution >= 0.6 is 0 Å². The van der Waals surface area contributed by atoms with Crippen molar-refractivity contribution < 1.29 is 14.3 Å². The van der Waals surface area contributed by atoms with Gasteiger partial charge in [0.2, 0.25) is 5.91 Å². The molecular weight excluding hydrogens is 316 g/mol. The van der Waals surface area contributed by atoms with Crippen molar-refractivity contribution in [3.8, 4) is 0 Å². The van der Waals surface area contributed by atoms with Gasteiger partial charge in [-0.15, -0.1) is 0 Å². The lowest BCUT2D eigenvalue weighted by molar-refractivity contribution is -0.132. The minimum absolute atomic E-state index is 0.0235. The zero-order valence-corrected chi connectivity index (χ0v) is 14.5. The first-order chi connectivity index (χ1) is 12.1. The fourth-order valence-electron chi connectivity index (χ4n) is 3.10. The first-order valence-corrected chi connectivity index (χ1v) is 8.33. The van der Waals surface area contributed by atoms with Gasteiger partial charge >= 0.3 is 6.09 Å². The van der Waals surface area contributed by atoms with Crippen molar-refractivity contribution in [1.82, 2.24) is 4.90 Å². The van der Waals surface area contributed by atoms with Crippen LogP contribution in [0.5, 0.6) is 0 Å². The lowest BCUT2D eigenvalue weighted by Crippen LogP contribution is -2.45. The van der Waals surface area contributed by atoms with Crippen molar-refractivity contribution in [3.63, 3.8) is 0 Å². The summed E-state index contributed by atoms with van der Waals surface area (Å²) in [4.78, 5) is 28.2. The topological polar surface area (TPSA) is 49.9 Å². The molecule has 0 bridgehead atoms. The summed E-state index contributed by atoms with van der Waals surface area (Å²) in [5.41, 5.74) is 2.75. The van der Waals surface area contributed by atoms with Crippen LogP contribution in [-0.2, 0) is 22.6 Å². The van der Waals surface area contributed by atoms with E-state index in [2.05, 4.69) is 0 Å². The Morgan fingerprint density at radius 1 is 1.08 bits per heavy atom. The normalized spacial score (nSPS) is 16.1. The van der Waals surface area contributed by atoms with Gasteiger partial charge in [0, 0.05) is 20.6 Å². The highest BCUT2D eigenvalue weighted by atomic mass is 16.6.